The Morgan fingerprint density at radius 2 is 1.66 bits per heavy atom. The molecule has 0 amide bonds. The van der Waals surface area contributed by atoms with E-state index in [0.717, 1.165) is 39.0 Å². The molecule has 4 rings (SSSR count). The zero-order chi connectivity index (χ0) is 20.2. The van der Waals surface area contributed by atoms with Crippen LogP contribution in [0.4, 0.5) is 0 Å². The Labute approximate surface area is 170 Å². The summed E-state index contributed by atoms with van der Waals surface area (Å²) >= 11 is 0. The van der Waals surface area contributed by atoms with Gasteiger partial charge in [0.05, 0.1) is 11.4 Å². The summed E-state index contributed by atoms with van der Waals surface area (Å²) in [6.07, 6.45) is 0.964. The largest absolute Gasteiger partial charge is 0.461 e. The van der Waals surface area contributed by atoms with E-state index in [4.69, 9.17) is 4.74 Å². The van der Waals surface area contributed by atoms with Crippen molar-refractivity contribution in [2.75, 3.05) is 0 Å². The maximum atomic E-state index is 12.4. The second-order valence-electron chi connectivity index (χ2n) is 7.20. The molecule has 0 radical (unpaired) electrons. The summed E-state index contributed by atoms with van der Waals surface area (Å²) in [6, 6.07) is 24.2. The first-order valence-electron chi connectivity index (χ1n) is 9.86. The number of aryl methyl sites for hydroxylation is 1. The Hall–Kier alpha value is -3.40. The molecular weight excluding hydrogens is 360 g/mol. The third kappa shape index (κ3) is 4.06. The molecule has 4 heteroatoms. The maximum absolute atomic E-state index is 12.4. The van der Waals surface area contributed by atoms with Gasteiger partial charge in [0.1, 0.15) is 6.61 Å². The summed E-state index contributed by atoms with van der Waals surface area (Å²) in [7, 11) is 0. The highest BCUT2D eigenvalue weighted by Gasteiger charge is 2.15. The van der Waals surface area contributed by atoms with Crippen LogP contribution in [0.2, 0.25) is 0 Å². The third-order valence-corrected chi connectivity index (χ3v) is 5.29. The molecule has 0 aliphatic rings. The predicted octanol–water partition coefficient (Wildman–Crippen LogP) is 5.32. The van der Waals surface area contributed by atoms with E-state index in [1.165, 1.54) is 0 Å². The highest BCUT2D eigenvalue weighted by Crippen LogP contribution is 2.21. The zero-order valence-corrected chi connectivity index (χ0v) is 16.8. The summed E-state index contributed by atoms with van der Waals surface area (Å²) in [6.45, 7) is 4.33. The smallest absolute Gasteiger partial charge is 0.306 e. The normalized spacial score (nSPS) is 11.0. The maximum Gasteiger partial charge on any atom is 0.306 e. The van der Waals surface area contributed by atoms with E-state index in [9.17, 15) is 4.79 Å². The van der Waals surface area contributed by atoms with Gasteiger partial charge in [-0.2, -0.15) is 5.10 Å². The summed E-state index contributed by atoms with van der Waals surface area (Å²) in [4.78, 5) is 12.4. The third-order valence-electron chi connectivity index (χ3n) is 5.29. The number of hydrogen-bond donors (Lipinski definition) is 0. The van der Waals surface area contributed by atoms with Gasteiger partial charge in [0, 0.05) is 12.1 Å². The monoisotopic (exact) mass is 384 g/mol. The minimum absolute atomic E-state index is 0.191. The van der Waals surface area contributed by atoms with Gasteiger partial charge in [-0.15, -0.1) is 0 Å². The average molecular weight is 384 g/mol. The lowest BCUT2D eigenvalue weighted by atomic mass is 10.1. The van der Waals surface area contributed by atoms with Crippen molar-refractivity contribution in [2.45, 2.75) is 33.3 Å². The highest BCUT2D eigenvalue weighted by molar-refractivity contribution is 5.85. The van der Waals surface area contributed by atoms with Crippen LogP contribution in [-0.4, -0.2) is 15.7 Å². The van der Waals surface area contributed by atoms with Gasteiger partial charge in [-0.1, -0.05) is 60.7 Å². The fourth-order valence-electron chi connectivity index (χ4n) is 3.73. The van der Waals surface area contributed by atoms with Crippen LogP contribution in [0.15, 0.2) is 72.8 Å². The van der Waals surface area contributed by atoms with Gasteiger partial charge in [0.15, 0.2) is 0 Å². The minimum Gasteiger partial charge on any atom is -0.461 e. The molecule has 1 heterocycles. The van der Waals surface area contributed by atoms with Crippen LogP contribution in [0.3, 0.4) is 0 Å². The Morgan fingerprint density at radius 1 is 0.931 bits per heavy atom. The number of para-hydroxylation sites is 1. The Morgan fingerprint density at radius 3 is 2.48 bits per heavy atom. The van der Waals surface area contributed by atoms with E-state index in [1.54, 1.807) is 0 Å². The Balaban J connectivity index is 1.41. The lowest BCUT2D eigenvalue weighted by Crippen LogP contribution is -2.07. The van der Waals surface area contributed by atoms with Crippen molar-refractivity contribution in [3.63, 3.8) is 0 Å². The van der Waals surface area contributed by atoms with E-state index in [1.807, 2.05) is 73.1 Å². The number of rotatable bonds is 6. The van der Waals surface area contributed by atoms with E-state index < -0.39 is 0 Å². The molecule has 1 aromatic heterocycles. The first-order chi connectivity index (χ1) is 14.1. The molecule has 0 aliphatic carbocycles. The number of nitrogens with zero attached hydrogens (tertiary/aromatic N) is 2. The lowest BCUT2D eigenvalue weighted by molar-refractivity contribution is -0.144. The quantitative estimate of drug-likeness (QED) is 0.423. The fraction of sp³-hybridized carbons (Fsp3) is 0.200. The van der Waals surface area contributed by atoms with E-state index in [-0.39, 0.29) is 5.97 Å². The highest BCUT2D eigenvalue weighted by atomic mass is 16.5. The SMILES string of the molecule is Cc1nn(-c2ccccc2)c(C)c1CCC(=O)OCc1cccc2ccccc12. The second-order valence-corrected chi connectivity index (χ2v) is 7.20. The van der Waals surface area contributed by atoms with Crippen molar-refractivity contribution < 1.29 is 9.53 Å². The molecule has 4 nitrogen and oxygen atoms in total. The van der Waals surface area contributed by atoms with Gasteiger partial charge in [-0.3, -0.25) is 4.79 Å². The van der Waals surface area contributed by atoms with E-state index >= 15 is 0 Å². The van der Waals surface area contributed by atoms with E-state index in [2.05, 4.69) is 23.3 Å². The summed E-state index contributed by atoms with van der Waals surface area (Å²) in [5.41, 5.74) is 5.18. The molecule has 0 aliphatic heterocycles. The Kier molecular flexibility index (Phi) is 5.43. The number of carbonyl (C=O) groups is 1. The minimum atomic E-state index is -0.191. The van der Waals surface area contributed by atoms with Crippen LogP contribution < -0.4 is 0 Å². The van der Waals surface area contributed by atoms with Crippen molar-refractivity contribution in [1.29, 1.82) is 0 Å². The van der Waals surface area contributed by atoms with Crippen molar-refractivity contribution >= 4 is 16.7 Å². The van der Waals surface area contributed by atoms with Crippen LogP contribution in [0.5, 0.6) is 0 Å². The topological polar surface area (TPSA) is 44.1 Å². The van der Waals surface area contributed by atoms with Gasteiger partial charge in [0.25, 0.3) is 0 Å². The summed E-state index contributed by atoms with van der Waals surface area (Å²) in [5.74, 6) is -0.191. The molecule has 0 N–H and O–H groups in total. The van der Waals surface area contributed by atoms with Gasteiger partial charge in [-0.05, 0) is 54.3 Å². The zero-order valence-electron chi connectivity index (χ0n) is 16.8. The van der Waals surface area contributed by atoms with Crippen LogP contribution in [0, 0.1) is 13.8 Å². The fourth-order valence-corrected chi connectivity index (χ4v) is 3.73. The average Bonchev–Trinajstić information content (AvgIpc) is 3.04. The molecular formula is C25H24N2O2. The predicted molar refractivity (Wildman–Crippen MR) is 115 cm³/mol. The van der Waals surface area contributed by atoms with Crippen molar-refractivity contribution in [1.82, 2.24) is 9.78 Å². The number of aromatic nitrogens is 2. The van der Waals surface area contributed by atoms with Crippen LogP contribution in [0.1, 0.15) is 28.9 Å². The van der Waals surface area contributed by atoms with Crippen molar-refractivity contribution in [3.05, 3.63) is 95.3 Å². The molecule has 0 fully saturated rings. The molecule has 0 atom stereocenters. The molecule has 0 spiro atoms. The molecule has 0 bridgehead atoms. The molecule has 29 heavy (non-hydrogen) atoms. The lowest BCUT2D eigenvalue weighted by Gasteiger charge is -2.08. The number of benzene rings is 3. The molecule has 3 aromatic carbocycles. The second kappa shape index (κ2) is 8.31. The number of ether oxygens (including phenoxy) is 1. The molecule has 146 valence electrons. The molecule has 0 unspecified atom stereocenters. The van der Waals surface area contributed by atoms with Crippen LogP contribution in [0.25, 0.3) is 16.5 Å². The first kappa shape index (κ1) is 18.9. The van der Waals surface area contributed by atoms with Gasteiger partial charge < -0.3 is 4.74 Å². The Bertz CT molecular complexity index is 1140. The molecule has 4 aromatic rings. The standard InChI is InChI=1S/C25H24N2O2/c1-18-23(19(2)27(26-18)22-12-4-3-5-13-22)15-16-25(28)29-17-21-11-8-10-20-9-6-7-14-24(20)21/h3-14H,15-17H2,1-2H3. The first-order valence-corrected chi connectivity index (χ1v) is 9.86. The summed E-state index contributed by atoms with van der Waals surface area (Å²) in [5, 5.41) is 6.93. The summed E-state index contributed by atoms with van der Waals surface area (Å²) < 4.78 is 7.50. The number of hydrogen-bond acceptors (Lipinski definition) is 3. The van der Waals surface area contributed by atoms with Crippen LogP contribution in [-0.2, 0) is 22.6 Å². The van der Waals surface area contributed by atoms with Gasteiger partial charge in [0.2, 0.25) is 0 Å². The van der Waals surface area contributed by atoms with Gasteiger partial charge >= 0.3 is 5.97 Å². The molecule has 0 saturated heterocycles. The number of fused-ring (bicyclic) bond motifs is 1. The van der Waals surface area contributed by atoms with Gasteiger partial charge in [-0.25, -0.2) is 4.68 Å². The van der Waals surface area contributed by atoms with Crippen LogP contribution >= 0.6 is 0 Å². The molecule has 0 saturated carbocycles. The number of esters is 1. The van der Waals surface area contributed by atoms with Crippen molar-refractivity contribution in [2.24, 2.45) is 0 Å². The number of carbonyl (C=O) groups excluding carboxylic acids is 1. The van der Waals surface area contributed by atoms with Crippen molar-refractivity contribution in [3.8, 4) is 5.69 Å². The van der Waals surface area contributed by atoms with E-state index in [0.29, 0.717) is 19.4 Å².